The van der Waals surface area contributed by atoms with Crippen molar-refractivity contribution in [3.8, 4) is 6.01 Å². The molecule has 6 rings (SSSR count). The lowest BCUT2D eigenvalue weighted by atomic mass is 9.99. The first-order valence-corrected chi connectivity index (χ1v) is 13.2. The molecule has 38 heavy (non-hydrogen) atoms. The molecule has 3 aliphatic rings. The maximum absolute atomic E-state index is 13.4. The second-order valence-electron chi connectivity index (χ2n) is 10.3. The molecular weight excluding hydrogens is 485 g/mol. The second-order valence-corrected chi connectivity index (χ2v) is 10.3. The quantitative estimate of drug-likeness (QED) is 0.462. The van der Waals surface area contributed by atoms with Crippen LogP contribution in [-0.2, 0) is 22.5 Å². The molecule has 2 fully saturated rings. The Morgan fingerprint density at radius 2 is 1.84 bits per heavy atom. The molecule has 4 heterocycles. The van der Waals surface area contributed by atoms with E-state index in [1.807, 2.05) is 0 Å². The fourth-order valence-corrected chi connectivity index (χ4v) is 5.56. The van der Waals surface area contributed by atoms with Crippen molar-refractivity contribution >= 4 is 28.2 Å². The van der Waals surface area contributed by atoms with E-state index in [-0.39, 0.29) is 0 Å². The zero-order chi connectivity index (χ0) is 26.2. The van der Waals surface area contributed by atoms with Gasteiger partial charge in [0.05, 0.1) is 32.1 Å². The Hall–Kier alpha value is -3.72. The number of aromatic nitrogens is 2. The van der Waals surface area contributed by atoms with Crippen molar-refractivity contribution in [2.24, 2.45) is 5.92 Å². The van der Waals surface area contributed by atoms with Crippen molar-refractivity contribution in [3.63, 3.8) is 0 Å². The molecule has 9 heteroatoms. The fourth-order valence-electron chi connectivity index (χ4n) is 5.56. The molecule has 0 aliphatic carbocycles. The highest BCUT2D eigenvalue weighted by Gasteiger charge is 2.30. The number of amides is 1. The Labute approximate surface area is 221 Å². The van der Waals surface area contributed by atoms with E-state index in [9.17, 15) is 9.18 Å². The number of ether oxygens (including phenoxy) is 2. The lowest BCUT2D eigenvalue weighted by Crippen LogP contribution is -2.49. The summed E-state index contributed by atoms with van der Waals surface area (Å²) in [5, 5.41) is 2.50. The molecule has 0 spiro atoms. The first-order valence-electron chi connectivity index (χ1n) is 13.2. The standard InChI is InChI=1S/C29H32FN5O3/c1-19-5-3-6-22-7-4-8-25(26(19)22)35-10-9-23-24(15-35)31-29(38-18-21-16-37-17-21)32-27(23)33-11-13-34(14-12-33)28(36)20(2)30/h3-8,21H,2,9-18H2,1H3. The van der Waals surface area contributed by atoms with Crippen molar-refractivity contribution < 1.29 is 18.7 Å². The molecule has 2 saturated heterocycles. The van der Waals surface area contributed by atoms with Gasteiger partial charge >= 0.3 is 6.01 Å². The summed E-state index contributed by atoms with van der Waals surface area (Å²) in [5.74, 6) is -0.342. The van der Waals surface area contributed by atoms with Gasteiger partial charge in [0.2, 0.25) is 0 Å². The summed E-state index contributed by atoms with van der Waals surface area (Å²) < 4.78 is 24.8. The number of piperazine rings is 1. The summed E-state index contributed by atoms with van der Waals surface area (Å²) in [6.45, 7) is 10.7. The number of carbonyl (C=O) groups excluding carboxylic acids is 1. The summed E-state index contributed by atoms with van der Waals surface area (Å²) in [7, 11) is 0. The molecule has 3 aromatic rings. The topological polar surface area (TPSA) is 71.0 Å². The summed E-state index contributed by atoms with van der Waals surface area (Å²) in [5.41, 5.74) is 4.54. The zero-order valence-corrected chi connectivity index (χ0v) is 21.7. The molecule has 0 unspecified atom stereocenters. The number of hydrogen-bond acceptors (Lipinski definition) is 7. The van der Waals surface area contributed by atoms with Crippen molar-refractivity contribution in [1.82, 2.24) is 14.9 Å². The van der Waals surface area contributed by atoms with Gasteiger partial charge in [0.15, 0.2) is 5.83 Å². The van der Waals surface area contributed by atoms with E-state index in [0.29, 0.717) is 64.5 Å². The van der Waals surface area contributed by atoms with Crippen LogP contribution >= 0.6 is 0 Å². The van der Waals surface area contributed by atoms with Gasteiger partial charge in [-0.2, -0.15) is 9.97 Å². The van der Waals surface area contributed by atoms with Gasteiger partial charge in [-0.3, -0.25) is 4.79 Å². The number of halogens is 1. The van der Waals surface area contributed by atoms with Crippen LogP contribution in [0, 0.1) is 12.8 Å². The van der Waals surface area contributed by atoms with E-state index < -0.39 is 11.7 Å². The smallest absolute Gasteiger partial charge is 0.318 e. The third kappa shape index (κ3) is 4.67. The van der Waals surface area contributed by atoms with Crippen LogP contribution in [-0.4, -0.2) is 73.3 Å². The summed E-state index contributed by atoms with van der Waals surface area (Å²) >= 11 is 0. The number of aryl methyl sites for hydroxylation is 1. The van der Waals surface area contributed by atoms with Crippen molar-refractivity contribution in [1.29, 1.82) is 0 Å². The van der Waals surface area contributed by atoms with Gasteiger partial charge in [-0.1, -0.05) is 36.9 Å². The van der Waals surface area contributed by atoms with E-state index >= 15 is 0 Å². The monoisotopic (exact) mass is 517 g/mol. The molecule has 1 amide bonds. The Morgan fingerprint density at radius 1 is 1.08 bits per heavy atom. The zero-order valence-electron chi connectivity index (χ0n) is 21.7. The van der Waals surface area contributed by atoms with Gasteiger partial charge in [-0.25, -0.2) is 4.39 Å². The van der Waals surface area contributed by atoms with Gasteiger partial charge < -0.3 is 24.2 Å². The average molecular weight is 518 g/mol. The van der Waals surface area contributed by atoms with Crippen molar-refractivity contribution in [2.45, 2.75) is 19.9 Å². The predicted octanol–water partition coefficient (Wildman–Crippen LogP) is 3.66. The molecule has 0 N–H and O–H groups in total. The number of benzene rings is 2. The van der Waals surface area contributed by atoms with Crippen molar-refractivity contribution in [2.75, 3.05) is 62.3 Å². The molecule has 0 atom stereocenters. The minimum Gasteiger partial charge on any atom is -0.463 e. The minimum atomic E-state index is -0.919. The minimum absolute atomic E-state index is 0.358. The van der Waals surface area contributed by atoms with Crippen LogP contribution in [0.2, 0.25) is 0 Å². The maximum Gasteiger partial charge on any atom is 0.318 e. The van der Waals surface area contributed by atoms with E-state index in [4.69, 9.17) is 19.4 Å². The van der Waals surface area contributed by atoms with Gasteiger partial charge in [0.25, 0.3) is 5.91 Å². The highest BCUT2D eigenvalue weighted by atomic mass is 19.1. The molecule has 3 aliphatic heterocycles. The van der Waals surface area contributed by atoms with Crippen LogP contribution in [0.5, 0.6) is 6.01 Å². The number of carbonyl (C=O) groups is 1. The molecule has 198 valence electrons. The number of hydrogen-bond donors (Lipinski definition) is 0. The van der Waals surface area contributed by atoms with E-state index in [0.717, 1.165) is 30.0 Å². The molecule has 8 nitrogen and oxygen atoms in total. The van der Waals surface area contributed by atoms with E-state index in [1.165, 1.54) is 26.9 Å². The normalized spacial score (nSPS) is 17.8. The fraction of sp³-hybridized carbons (Fsp3) is 0.414. The summed E-state index contributed by atoms with van der Waals surface area (Å²) in [4.78, 5) is 27.9. The van der Waals surface area contributed by atoms with Crippen LogP contribution in [0.15, 0.2) is 48.8 Å². The molecular formula is C29H32FN5O3. The third-order valence-corrected chi connectivity index (χ3v) is 7.71. The largest absolute Gasteiger partial charge is 0.463 e. The average Bonchev–Trinajstić information content (AvgIpc) is 2.91. The lowest BCUT2D eigenvalue weighted by molar-refractivity contribution is -0.128. The number of fused-ring (bicyclic) bond motifs is 2. The summed E-state index contributed by atoms with van der Waals surface area (Å²) in [6, 6.07) is 13.2. The van der Waals surface area contributed by atoms with Crippen LogP contribution in [0.4, 0.5) is 15.9 Å². The van der Waals surface area contributed by atoms with Crippen LogP contribution in [0.3, 0.4) is 0 Å². The van der Waals surface area contributed by atoms with Gasteiger partial charge in [-0.05, 0) is 30.4 Å². The lowest BCUT2D eigenvalue weighted by Gasteiger charge is -2.38. The molecule has 0 saturated carbocycles. The Morgan fingerprint density at radius 3 is 2.55 bits per heavy atom. The van der Waals surface area contributed by atoms with E-state index in [2.05, 4.69) is 59.7 Å². The number of rotatable bonds is 6. The first-order chi connectivity index (χ1) is 18.5. The number of anilines is 2. The maximum atomic E-state index is 13.4. The second kappa shape index (κ2) is 10.2. The number of nitrogens with zero attached hydrogens (tertiary/aromatic N) is 5. The van der Waals surface area contributed by atoms with Gasteiger partial charge in [0.1, 0.15) is 5.82 Å². The molecule has 0 bridgehead atoms. The highest BCUT2D eigenvalue weighted by molar-refractivity contribution is 5.97. The van der Waals surface area contributed by atoms with Crippen LogP contribution < -0.4 is 14.5 Å². The summed E-state index contributed by atoms with van der Waals surface area (Å²) in [6.07, 6.45) is 0.796. The third-order valence-electron chi connectivity index (χ3n) is 7.71. The first kappa shape index (κ1) is 24.6. The van der Waals surface area contributed by atoms with Crippen LogP contribution in [0.25, 0.3) is 10.8 Å². The molecule has 2 aromatic carbocycles. The molecule has 1 aromatic heterocycles. The highest BCUT2D eigenvalue weighted by Crippen LogP contribution is 2.35. The Kier molecular flexibility index (Phi) is 6.61. The van der Waals surface area contributed by atoms with Gasteiger partial charge in [0, 0.05) is 55.3 Å². The van der Waals surface area contributed by atoms with Gasteiger partial charge in [-0.15, -0.1) is 0 Å². The van der Waals surface area contributed by atoms with E-state index in [1.54, 1.807) is 0 Å². The Balaban J connectivity index is 1.30. The predicted molar refractivity (Wildman–Crippen MR) is 144 cm³/mol. The SMILES string of the molecule is C=C(F)C(=O)N1CCN(c2nc(OCC3COC3)nc3c2CCN(c2cccc4cccc(C)c24)C3)CC1. The van der Waals surface area contributed by atoms with Crippen LogP contribution in [0.1, 0.15) is 16.8 Å². The Bertz CT molecular complexity index is 1380. The van der Waals surface area contributed by atoms with Crippen molar-refractivity contribution in [3.05, 3.63) is 65.6 Å². The molecule has 0 radical (unpaired) electrons.